The van der Waals surface area contributed by atoms with Gasteiger partial charge in [-0.2, -0.15) is 0 Å². The molecule has 1 aliphatic rings. The monoisotopic (exact) mass is 214 g/mol. The van der Waals surface area contributed by atoms with Crippen LogP contribution in [0.2, 0.25) is 0 Å². The number of hydrogen-bond donors (Lipinski definition) is 1. The molecule has 1 heterocycles. The molecule has 0 bridgehead atoms. The van der Waals surface area contributed by atoms with E-state index >= 15 is 0 Å². The fourth-order valence-electron chi connectivity index (χ4n) is 2.53. The molecular formula is C13H26O2. The SMILES string of the molecule is CCC(CC)(CO)CC1CCC(C)(C)O1. The first-order valence-corrected chi connectivity index (χ1v) is 6.25. The first-order valence-electron chi connectivity index (χ1n) is 6.25. The van der Waals surface area contributed by atoms with Crippen LogP contribution in [0, 0.1) is 5.41 Å². The van der Waals surface area contributed by atoms with Gasteiger partial charge in [0.05, 0.1) is 11.7 Å². The molecular weight excluding hydrogens is 188 g/mol. The van der Waals surface area contributed by atoms with Crippen LogP contribution in [0.3, 0.4) is 0 Å². The average Bonchev–Trinajstić information content (AvgIpc) is 2.55. The maximum Gasteiger partial charge on any atom is 0.0631 e. The van der Waals surface area contributed by atoms with Crippen molar-refractivity contribution in [2.75, 3.05) is 6.61 Å². The first-order chi connectivity index (χ1) is 6.97. The predicted molar refractivity (Wildman–Crippen MR) is 62.9 cm³/mol. The van der Waals surface area contributed by atoms with Crippen LogP contribution in [-0.2, 0) is 4.74 Å². The summed E-state index contributed by atoms with van der Waals surface area (Å²) in [5.74, 6) is 0. The fraction of sp³-hybridized carbons (Fsp3) is 1.00. The Morgan fingerprint density at radius 1 is 1.33 bits per heavy atom. The van der Waals surface area contributed by atoms with Gasteiger partial charge in [0.25, 0.3) is 0 Å². The number of aliphatic hydroxyl groups is 1. The Balaban J connectivity index is 2.53. The van der Waals surface area contributed by atoms with Crippen molar-refractivity contribution >= 4 is 0 Å². The zero-order valence-electron chi connectivity index (χ0n) is 10.7. The summed E-state index contributed by atoms with van der Waals surface area (Å²) < 4.78 is 6.00. The summed E-state index contributed by atoms with van der Waals surface area (Å²) in [6, 6.07) is 0. The number of aliphatic hydroxyl groups excluding tert-OH is 1. The highest BCUT2D eigenvalue weighted by Gasteiger charge is 2.37. The van der Waals surface area contributed by atoms with Crippen LogP contribution in [0.25, 0.3) is 0 Å². The largest absolute Gasteiger partial charge is 0.396 e. The molecule has 1 atom stereocenters. The second-order valence-corrected chi connectivity index (χ2v) is 5.61. The molecule has 0 aromatic rings. The van der Waals surface area contributed by atoms with Gasteiger partial charge >= 0.3 is 0 Å². The molecule has 1 N–H and O–H groups in total. The molecule has 0 saturated carbocycles. The van der Waals surface area contributed by atoms with E-state index in [2.05, 4.69) is 27.7 Å². The van der Waals surface area contributed by atoms with Crippen molar-refractivity contribution in [3.05, 3.63) is 0 Å². The lowest BCUT2D eigenvalue weighted by atomic mass is 9.78. The molecule has 90 valence electrons. The van der Waals surface area contributed by atoms with E-state index in [1.165, 1.54) is 0 Å². The molecule has 0 amide bonds. The summed E-state index contributed by atoms with van der Waals surface area (Å²) in [5, 5.41) is 9.51. The molecule has 1 unspecified atom stereocenters. The zero-order chi connectivity index (χ0) is 11.5. The summed E-state index contributed by atoms with van der Waals surface area (Å²) >= 11 is 0. The third kappa shape index (κ3) is 3.18. The smallest absolute Gasteiger partial charge is 0.0631 e. The highest BCUT2D eigenvalue weighted by Crippen LogP contribution is 2.39. The van der Waals surface area contributed by atoms with E-state index in [1.807, 2.05) is 0 Å². The van der Waals surface area contributed by atoms with Crippen LogP contribution in [0.15, 0.2) is 0 Å². The highest BCUT2D eigenvalue weighted by molar-refractivity contribution is 4.86. The van der Waals surface area contributed by atoms with Crippen LogP contribution in [-0.4, -0.2) is 23.4 Å². The Kier molecular flexibility index (Phi) is 4.19. The Hall–Kier alpha value is -0.0800. The number of hydrogen-bond acceptors (Lipinski definition) is 2. The van der Waals surface area contributed by atoms with Crippen molar-refractivity contribution in [2.24, 2.45) is 5.41 Å². The molecule has 1 aliphatic heterocycles. The van der Waals surface area contributed by atoms with Crippen LogP contribution >= 0.6 is 0 Å². The van der Waals surface area contributed by atoms with Gasteiger partial charge in [0, 0.05) is 6.61 Å². The molecule has 0 spiro atoms. The molecule has 1 fully saturated rings. The lowest BCUT2D eigenvalue weighted by Gasteiger charge is -2.32. The summed E-state index contributed by atoms with van der Waals surface area (Å²) in [4.78, 5) is 0. The predicted octanol–water partition coefficient (Wildman–Crippen LogP) is 3.13. The Morgan fingerprint density at radius 3 is 2.27 bits per heavy atom. The van der Waals surface area contributed by atoms with Crippen molar-refractivity contribution in [2.45, 2.75) is 71.5 Å². The third-order valence-electron chi connectivity index (χ3n) is 4.05. The van der Waals surface area contributed by atoms with Gasteiger partial charge in [-0.1, -0.05) is 13.8 Å². The summed E-state index contributed by atoms with van der Waals surface area (Å²) in [7, 11) is 0. The van der Waals surface area contributed by atoms with E-state index in [0.29, 0.717) is 12.7 Å². The van der Waals surface area contributed by atoms with E-state index in [4.69, 9.17) is 4.74 Å². The average molecular weight is 214 g/mol. The molecule has 2 nitrogen and oxygen atoms in total. The topological polar surface area (TPSA) is 29.5 Å². The number of ether oxygens (including phenoxy) is 1. The van der Waals surface area contributed by atoms with Gasteiger partial charge < -0.3 is 9.84 Å². The maximum atomic E-state index is 9.51. The Bertz CT molecular complexity index is 186. The second kappa shape index (κ2) is 4.84. The van der Waals surface area contributed by atoms with Gasteiger partial charge in [-0.05, 0) is 51.4 Å². The lowest BCUT2D eigenvalue weighted by Crippen LogP contribution is -2.30. The molecule has 2 heteroatoms. The van der Waals surface area contributed by atoms with Crippen LogP contribution in [0.4, 0.5) is 0 Å². The van der Waals surface area contributed by atoms with Gasteiger partial charge in [0.2, 0.25) is 0 Å². The van der Waals surface area contributed by atoms with E-state index in [-0.39, 0.29) is 11.0 Å². The standard InChI is InChI=1S/C13H26O2/c1-5-13(6-2,10-14)9-11-7-8-12(3,4)15-11/h11,14H,5-10H2,1-4H3. The van der Waals surface area contributed by atoms with E-state index in [9.17, 15) is 5.11 Å². The zero-order valence-corrected chi connectivity index (χ0v) is 10.7. The molecule has 1 saturated heterocycles. The fourth-order valence-corrected chi connectivity index (χ4v) is 2.53. The van der Waals surface area contributed by atoms with Gasteiger partial charge in [-0.3, -0.25) is 0 Å². The van der Waals surface area contributed by atoms with Crippen molar-refractivity contribution in [1.29, 1.82) is 0 Å². The highest BCUT2D eigenvalue weighted by atomic mass is 16.5. The Morgan fingerprint density at radius 2 is 1.93 bits per heavy atom. The van der Waals surface area contributed by atoms with Crippen LogP contribution in [0.1, 0.15) is 59.8 Å². The van der Waals surface area contributed by atoms with Crippen molar-refractivity contribution in [3.8, 4) is 0 Å². The second-order valence-electron chi connectivity index (χ2n) is 5.61. The molecule has 0 aromatic carbocycles. The molecule has 0 aliphatic carbocycles. The lowest BCUT2D eigenvalue weighted by molar-refractivity contribution is -0.0456. The summed E-state index contributed by atoms with van der Waals surface area (Å²) in [5.41, 5.74) is 0.137. The Labute approximate surface area is 94.0 Å². The van der Waals surface area contributed by atoms with Gasteiger partial charge in [0.1, 0.15) is 0 Å². The van der Waals surface area contributed by atoms with Crippen molar-refractivity contribution < 1.29 is 9.84 Å². The molecule has 15 heavy (non-hydrogen) atoms. The van der Waals surface area contributed by atoms with Crippen LogP contribution < -0.4 is 0 Å². The number of rotatable bonds is 5. The maximum absolute atomic E-state index is 9.51. The third-order valence-corrected chi connectivity index (χ3v) is 4.05. The molecule has 0 aromatic heterocycles. The van der Waals surface area contributed by atoms with Gasteiger partial charge in [0.15, 0.2) is 0 Å². The normalized spacial score (nSPS) is 25.8. The van der Waals surface area contributed by atoms with Crippen LogP contribution in [0.5, 0.6) is 0 Å². The van der Waals surface area contributed by atoms with Crippen molar-refractivity contribution in [1.82, 2.24) is 0 Å². The first kappa shape index (κ1) is 13.0. The van der Waals surface area contributed by atoms with E-state index in [1.54, 1.807) is 0 Å². The minimum Gasteiger partial charge on any atom is -0.396 e. The van der Waals surface area contributed by atoms with E-state index < -0.39 is 0 Å². The molecule has 0 radical (unpaired) electrons. The summed E-state index contributed by atoms with van der Waals surface area (Å²) in [6.45, 7) is 8.94. The minimum atomic E-state index is 0.0490. The van der Waals surface area contributed by atoms with E-state index in [0.717, 1.165) is 32.1 Å². The quantitative estimate of drug-likeness (QED) is 0.762. The van der Waals surface area contributed by atoms with Gasteiger partial charge in [-0.25, -0.2) is 0 Å². The minimum absolute atomic E-state index is 0.0490. The van der Waals surface area contributed by atoms with Gasteiger partial charge in [-0.15, -0.1) is 0 Å². The van der Waals surface area contributed by atoms with Crippen molar-refractivity contribution in [3.63, 3.8) is 0 Å². The molecule has 1 rings (SSSR count). The summed E-state index contributed by atoms with van der Waals surface area (Å²) in [6.07, 6.45) is 5.74.